The number of carbonyl (C=O) groups is 2. The molecule has 0 unspecified atom stereocenters. The molecule has 0 atom stereocenters. The van der Waals surface area contributed by atoms with E-state index in [1.165, 1.54) is 39.0 Å². The number of rotatable bonds is 8. The smallest absolute Gasteiger partial charge is 0.254 e. The van der Waals surface area contributed by atoms with Crippen LogP contribution in [0.2, 0.25) is 0 Å². The van der Waals surface area contributed by atoms with Gasteiger partial charge in [-0.2, -0.15) is 0 Å². The van der Waals surface area contributed by atoms with Crippen molar-refractivity contribution in [2.45, 2.75) is 46.6 Å². The maximum atomic E-state index is 14.2. The number of ether oxygens (including phenoxy) is 2. The van der Waals surface area contributed by atoms with Gasteiger partial charge in [0.15, 0.2) is 0 Å². The maximum absolute atomic E-state index is 14.2. The van der Waals surface area contributed by atoms with E-state index in [0.29, 0.717) is 52.1 Å². The molecule has 1 heterocycles. The minimum atomic E-state index is -0.329. The van der Waals surface area contributed by atoms with Crippen LogP contribution in [0.4, 0.5) is 4.39 Å². The van der Waals surface area contributed by atoms with Gasteiger partial charge in [-0.15, -0.1) is 0 Å². The second-order valence-corrected chi connectivity index (χ2v) is 9.31. The van der Waals surface area contributed by atoms with Gasteiger partial charge in [0.2, 0.25) is 12.3 Å². The molecule has 39 heavy (non-hydrogen) atoms. The highest BCUT2D eigenvalue weighted by molar-refractivity contribution is 6.01. The van der Waals surface area contributed by atoms with Gasteiger partial charge in [-0.25, -0.2) is 14.4 Å². The van der Waals surface area contributed by atoms with Gasteiger partial charge in [-0.05, 0) is 57.4 Å². The Kier molecular flexibility index (Phi) is 10.9. The van der Waals surface area contributed by atoms with Gasteiger partial charge in [0.25, 0.3) is 5.91 Å². The summed E-state index contributed by atoms with van der Waals surface area (Å²) in [5.74, 6) is 0.352. The van der Waals surface area contributed by atoms with Gasteiger partial charge in [-0.3, -0.25) is 14.6 Å². The molecular formula is C28H35FN6O4. The third kappa shape index (κ3) is 8.49. The standard InChI is InChI=1S/C20H20FN3O3.C8H15N3O/c1-5-12-6-11(2)17(8-15(12)21)27-20-13-7-14(19(25)22-3)18(26-4)9-16(13)23-10-24-20;1-8(2,3)11-5-7(4-9)10-6-12/h6-10H,5H2,1-4H3,(H,22,25);4-6H,9H2,1-3H3,(H,10,12)/b;7-4+,11-5?. The molecule has 2 aromatic carbocycles. The Hall–Kier alpha value is -4.54. The van der Waals surface area contributed by atoms with Gasteiger partial charge in [0.1, 0.15) is 23.6 Å². The fourth-order valence-electron chi connectivity index (χ4n) is 3.29. The van der Waals surface area contributed by atoms with Crippen LogP contribution in [0.1, 0.15) is 49.2 Å². The molecule has 3 rings (SSSR count). The zero-order chi connectivity index (χ0) is 29.2. The van der Waals surface area contributed by atoms with E-state index in [-0.39, 0.29) is 23.1 Å². The molecule has 0 aliphatic carbocycles. The van der Waals surface area contributed by atoms with E-state index in [9.17, 15) is 14.0 Å². The van der Waals surface area contributed by atoms with Crippen LogP contribution in [0.5, 0.6) is 17.4 Å². The van der Waals surface area contributed by atoms with Crippen molar-refractivity contribution < 1.29 is 23.5 Å². The Labute approximate surface area is 227 Å². The molecule has 1 aromatic heterocycles. The van der Waals surface area contributed by atoms with E-state index in [1.807, 2.05) is 34.6 Å². The Balaban J connectivity index is 0.000000377. The number of fused-ring (bicyclic) bond motifs is 1. The number of benzene rings is 2. The zero-order valence-electron chi connectivity index (χ0n) is 23.3. The number of nitrogens with one attached hydrogen (secondary N) is 2. The Bertz CT molecular complexity index is 1380. The first kappa shape index (κ1) is 30.7. The summed E-state index contributed by atoms with van der Waals surface area (Å²) in [6, 6.07) is 6.36. The van der Waals surface area contributed by atoms with E-state index in [2.05, 4.69) is 25.6 Å². The number of hydrogen-bond acceptors (Lipinski definition) is 8. The third-order valence-electron chi connectivity index (χ3n) is 5.32. The van der Waals surface area contributed by atoms with E-state index < -0.39 is 0 Å². The summed E-state index contributed by atoms with van der Waals surface area (Å²) < 4.78 is 25.3. The molecule has 0 saturated carbocycles. The number of hydrogen-bond donors (Lipinski definition) is 3. The summed E-state index contributed by atoms with van der Waals surface area (Å²) in [4.78, 5) is 34.7. The second kappa shape index (κ2) is 13.8. The lowest BCUT2D eigenvalue weighted by Crippen LogP contribution is -2.18. The van der Waals surface area contributed by atoms with Crippen LogP contribution in [0, 0.1) is 12.7 Å². The number of aromatic nitrogens is 2. The highest BCUT2D eigenvalue weighted by atomic mass is 19.1. The summed E-state index contributed by atoms with van der Waals surface area (Å²) in [7, 11) is 3.01. The summed E-state index contributed by atoms with van der Waals surface area (Å²) in [5.41, 5.74) is 7.85. The van der Waals surface area contributed by atoms with Gasteiger partial charge in [-0.1, -0.05) is 6.92 Å². The minimum absolute atomic E-state index is 0.154. The predicted octanol–water partition coefficient (Wildman–Crippen LogP) is 4.20. The summed E-state index contributed by atoms with van der Waals surface area (Å²) in [5, 5.41) is 5.50. The van der Waals surface area contributed by atoms with Crippen LogP contribution in [0.15, 0.2) is 47.5 Å². The molecule has 2 amide bonds. The van der Waals surface area contributed by atoms with E-state index in [0.717, 1.165) is 5.56 Å². The van der Waals surface area contributed by atoms with Gasteiger partial charge < -0.3 is 25.8 Å². The molecule has 3 aromatic rings. The highest BCUT2D eigenvalue weighted by Crippen LogP contribution is 2.33. The average molecular weight is 539 g/mol. The predicted molar refractivity (Wildman–Crippen MR) is 150 cm³/mol. The molecule has 11 heteroatoms. The van der Waals surface area contributed by atoms with Crippen molar-refractivity contribution >= 4 is 29.4 Å². The van der Waals surface area contributed by atoms with Gasteiger partial charge in [0.05, 0.1) is 34.8 Å². The number of methoxy groups -OCH3 is 1. The van der Waals surface area contributed by atoms with Crippen LogP contribution in [-0.4, -0.2) is 48.2 Å². The van der Waals surface area contributed by atoms with Crippen molar-refractivity contribution in [3.05, 3.63) is 65.0 Å². The van der Waals surface area contributed by atoms with Crippen LogP contribution in [-0.2, 0) is 11.2 Å². The number of allylic oxidation sites excluding steroid dienone is 1. The lowest BCUT2D eigenvalue weighted by molar-refractivity contribution is -0.108. The average Bonchev–Trinajstić information content (AvgIpc) is 2.91. The number of amides is 2. The Morgan fingerprint density at radius 2 is 1.90 bits per heavy atom. The van der Waals surface area contributed by atoms with Crippen molar-refractivity contribution in [2.75, 3.05) is 14.2 Å². The van der Waals surface area contributed by atoms with Crippen LogP contribution >= 0.6 is 0 Å². The number of nitrogens with two attached hydrogens (primary N) is 1. The second-order valence-electron chi connectivity index (χ2n) is 9.31. The maximum Gasteiger partial charge on any atom is 0.254 e. The first-order valence-corrected chi connectivity index (χ1v) is 12.2. The molecule has 10 nitrogen and oxygen atoms in total. The number of halogens is 1. The SMILES string of the molecule is CC(C)(C)N=C/C(=C\N)NC=O.CCc1cc(C)c(Oc2ncnc3cc(OC)c(C(=O)NC)cc23)cc1F. The molecule has 0 saturated heterocycles. The molecule has 0 spiro atoms. The fourth-order valence-corrected chi connectivity index (χ4v) is 3.29. The van der Waals surface area contributed by atoms with E-state index >= 15 is 0 Å². The Morgan fingerprint density at radius 3 is 2.46 bits per heavy atom. The largest absolute Gasteiger partial charge is 0.496 e. The van der Waals surface area contributed by atoms with Crippen molar-refractivity contribution in [1.82, 2.24) is 20.6 Å². The lowest BCUT2D eigenvalue weighted by Gasteiger charge is -2.13. The third-order valence-corrected chi connectivity index (χ3v) is 5.32. The van der Waals surface area contributed by atoms with Crippen LogP contribution < -0.4 is 25.8 Å². The molecule has 0 radical (unpaired) electrons. The quantitative estimate of drug-likeness (QED) is 0.288. The summed E-state index contributed by atoms with van der Waals surface area (Å²) in [6.07, 6.45) is 5.34. The van der Waals surface area contributed by atoms with Gasteiger partial charge >= 0.3 is 0 Å². The van der Waals surface area contributed by atoms with Crippen molar-refractivity contribution in [3.8, 4) is 17.4 Å². The number of aryl methyl sites for hydroxylation is 2. The number of aliphatic imine (C=N–C) groups is 1. The summed E-state index contributed by atoms with van der Waals surface area (Å²) >= 11 is 0. The monoisotopic (exact) mass is 538 g/mol. The molecular weight excluding hydrogens is 503 g/mol. The first-order chi connectivity index (χ1) is 18.5. The van der Waals surface area contributed by atoms with Crippen molar-refractivity contribution in [2.24, 2.45) is 10.7 Å². The van der Waals surface area contributed by atoms with Crippen LogP contribution in [0.25, 0.3) is 10.9 Å². The normalized spacial score (nSPS) is 11.5. The lowest BCUT2D eigenvalue weighted by atomic mass is 10.1. The molecule has 0 aliphatic rings. The number of nitrogens with zero attached hydrogens (tertiary/aromatic N) is 3. The molecule has 0 bridgehead atoms. The van der Waals surface area contributed by atoms with Crippen LogP contribution in [0.3, 0.4) is 0 Å². The molecule has 4 N–H and O–H groups in total. The molecule has 0 fully saturated rings. The fraction of sp³-hybridized carbons (Fsp3) is 0.321. The summed E-state index contributed by atoms with van der Waals surface area (Å²) in [6.45, 7) is 9.61. The first-order valence-electron chi connectivity index (χ1n) is 12.2. The minimum Gasteiger partial charge on any atom is -0.496 e. The van der Waals surface area contributed by atoms with Gasteiger partial charge in [0, 0.05) is 31.6 Å². The van der Waals surface area contributed by atoms with Crippen molar-refractivity contribution in [1.29, 1.82) is 0 Å². The zero-order valence-corrected chi connectivity index (χ0v) is 23.3. The number of carbonyl (C=O) groups excluding carboxylic acids is 2. The highest BCUT2D eigenvalue weighted by Gasteiger charge is 2.17. The van der Waals surface area contributed by atoms with E-state index in [4.69, 9.17) is 15.2 Å². The van der Waals surface area contributed by atoms with E-state index in [1.54, 1.807) is 18.2 Å². The molecule has 208 valence electrons. The Morgan fingerprint density at radius 1 is 1.18 bits per heavy atom. The topological polar surface area (TPSA) is 141 Å². The molecule has 0 aliphatic heterocycles. The van der Waals surface area contributed by atoms with Crippen molar-refractivity contribution in [3.63, 3.8) is 0 Å².